The van der Waals surface area contributed by atoms with E-state index in [2.05, 4.69) is 10.3 Å². The van der Waals surface area contributed by atoms with Gasteiger partial charge in [0, 0.05) is 27.9 Å². The maximum Gasteiger partial charge on any atom is 0.308 e. The van der Waals surface area contributed by atoms with Crippen LogP contribution < -0.4 is 10.2 Å². The number of imide groups is 1. The van der Waals surface area contributed by atoms with Gasteiger partial charge in [-0.2, -0.15) is 0 Å². The van der Waals surface area contributed by atoms with Crippen LogP contribution in [0.1, 0.15) is 21.9 Å². The summed E-state index contributed by atoms with van der Waals surface area (Å²) < 4.78 is 1.74. The highest BCUT2D eigenvalue weighted by Gasteiger charge is 2.53. The first kappa shape index (κ1) is 18.7. The number of thiazole rings is 1. The number of nitrogens with one attached hydrogen (secondary N) is 2. The molecule has 6 nitrogen and oxygen atoms in total. The lowest BCUT2D eigenvalue weighted by molar-refractivity contribution is -0.125. The maximum absolute atomic E-state index is 13.0. The second-order valence-electron chi connectivity index (χ2n) is 7.79. The lowest BCUT2D eigenvalue weighted by atomic mass is 9.83. The van der Waals surface area contributed by atoms with Crippen LogP contribution in [-0.4, -0.2) is 26.6 Å². The number of hydrogen-bond acceptors (Lipinski definition) is 5. The Bertz CT molecular complexity index is 1400. The van der Waals surface area contributed by atoms with E-state index < -0.39 is 11.2 Å². The lowest BCUT2D eigenvalue weighted by Crippen LogP contribution is -2.32. The molecule has 2 aliphatic rings. The Labute approximate surface area is 185 Å². The third-order valence-electron chi connectivity index (χ3n) is 6.03. The number of aromatic amines is 1. The second-order valence-corrected chi connectivity index (χ2v) is 9.92. The van der Waals surface area contributed by atoms with Crippen molar-refractivity contribution in [2.45, 2.75) is 22.7 Å². The van der Waals surface area contributed by atoms with E-state index in [9.17, 15) is 14.4 Å². The van der Waals surface area contributed by atoms with E-state index >= 15 is 0 Å². The van der Waals surface area contributed by atoms with Crippen LogP contribution in [0.3, 0.4) is 0 Å². The van der Waals surface area contributed by atoms with Crippen molar-refractivity contribution in [2.24, 2.45) is 5.92 Å². The van der Waals surface area contributed by atoms with Gasteiger partial charge in [-0.3, -0.25) is 24.3 Å². The highest BCUT2D eigenvalue weighted by atomic mass is 32.2. The molecule has 3 atom stereocenters. The smallest absolute Gasteiger partial charge is 0.308 e. The number of aromatic nitrogens is 2. The molecule has 0 aliphatic carbocycles. The highest BCUT2D eigenvalue weighted by Crippen LogP contribution is 2.52. The minimum atomic E-state index is -0.547. The van der Waals surface area contributed by atoms with Gasteiger partial charge in [0.2, 0.25) is 11.8 Å². The molecule has 0 radical (unpaired) electrons. The number of carbonyl (C=O) groups excluding carboxylic acids is 2. The van der Waals surface area contributed by atoms with E-state index in [0.717, 1.165) is 31.9 Å². The van der Waals surface area contributed by atoms with Gasteiger partial charge in [0.25, 0.3) is 0 Å². The quantitative estimate of drug-likeness (QED) is 0.472. The number of carbonyl (C=O) groups is 2. The molecule has 2 aromatic heterocycles. The van der Waals surface area contributed by atoms with E-state index in [1.807, 2.05) is 60.8 Å². The average Bonchev–Trinajstić information content (AvgIpc) is 3.42. The normalized spacial score (nSPS) is 22.4. The molecule has 4 aromatic rings. The standard InChI is InChI=1S/C23H17N3O3S2/c27-20-17-16(14-10-24-15-9-5-4-8-13(14)15)19-22(30-18(17)21(28)25-20)26(23(29)31-19)11-12-6-2-1-3-7-12/h1-10,16-18,24H,11H2,(H,25,27,28)/t16-,17-,18-/m0/s1. The molecule has 0 bridgehead atoms. The Kier molecular flexibility index (Phi) is 4.19. The summed E-state index contributed by atoms with van der Waals surface area (Å²) in [5, 5.41) is 3.77. The van der Waals surface area contributed by atoms with Crippen molar-refractivity contribution in [3.05, 3.63) is 86.5 Å². The molecule has 1 fully saturated rings. The second kappa shape index (κ2) is 6.96. The summed E-state index contributed by atoms with van der Waals surface area (Å²) in [5.74, 6) is -1.43. The van der Waals surface area contributed by atoms with Gasteiger partial charge >= 0.3 is 4.87 Å². The number of amides is 2. The number of fused-ring (bicyclic) bond motifs is 3. The van der Waals surface area contributed by atoms with Gasteiger partial charge in [0.15, 0.2) is 0 Å². The monoisotopic (exact) mass is 447 g/mol. The van der Waals surface area contributed by atoms with Gasteiger partial charge in [0.05, 0.1) is 17.5 Å². The first-order valence-corrected chi connectivity index (χ1v) is 11.7. The van der Waals surface area contributed by atoms with Gasteiger partial charge in [-0.1, -0.05) is 71.6 Å². The molecule has 31 heavy (non-hydrogen) atoms. The van der Waals surface area contributed by atoms with Crippen molar-refractivity contribution in [2.75, 3.05) is 0 Å². The van der Waals surface area contributed by atoms with Gasteiger partial charge in [-0.05, 0) is 17.2 Å². The number of para-hydroxylation sites is 1. The highest BCUT2D eigenvalue weighted by molar-refractivity contribution is 8.00. The molecular formula is C23H17N3O3S2. The molecule has 4 heterocycles. The first-order chi connectivity index (χ1) is 15.1. The van der Waals surface area contributed by atoms with Crippen LogP contribution in [0.2, 0.25) is 0 Å². The van der Waals surface area contributed by atoms with Crippen LogP contribution >= 0.6 is 23.1 Å². The Morgan fingerprint density at radius 3 is 2.55 bits per heavy atom. The van der Waals surface area contributed by atoms with Crippen LogP contribution in [0.15, 0.2) is 70.6 Å². The van der Waals surface area contributed by atoms with E-state index in [4.69, 9.17) is 0 Å². The lowest BCUT2D eigenvalue weighted by Gasteiger charge is -2.30. The molecule has 8 heteroatoms. The topological polar surface area (TPSA) is 84.0 Å². The fraction of sp³-hybridized carbons (Fsp3) is 0.174. The summed E-state index contributed by atoms with van der Waals surface area (Å²) in [6, 6.07) is 17.7. The zero-order valence-corrected chi connectivity index (χ0v) is 17.8. The predicted molar refractivity (Wildman–Crippen MR) is 121 cm³/mol. The molecule has 6 rings (SSSR count). The summed E-state index contributed by atoms with van der Waals surface area (Å²) in [7, 11) is 0. The van der Waals surface area contributed by atoms with Crippen molar-refractivity contribution in [1.29, 1.82) is 0 Å². The summed E-state index contributed by atoms with van der Waals surface area (Å²) in [6.07, 6.45) is 1.91. The zero-order chi connectivity index (χ0) is 21.1. The molecule has 2 aliphatic heterocycles. The maximum atomic E-state index is 13.0. The Hall–Kier alpha value is -3.10. The Morgan fingerprint density at radius 2 is 1.71 bits per heavy atom. The fourth-order valence-electron chi connectivity index (χ4n) is 4.63. The number of benzene rings is 2. The van der Waals surface area contributed by atoms with Crippen LogP contribution in [0.25, 0.3) is 10.9 Å². The van der Waals surface area contributed by atoms with Crippen LogP contribution in [-0.2, 0) is 16.1 Å². The molecule has 0 saturated carbocycles. The van der Waals surface area contributed by atoms with Gasteiger partial charge in [-0.25, -0.2) is 0 Å². The zero-order valence-electron chi connectivity index (χ0n) is 16.2. The van der Waals surface area contributed by atoms with Gasteiger partial charge in [0.1, 0.15) is 5.25 Å². The summed E-state index contributed by atoms with van der Waals surface area (Å²) in [6.45, 7) is 0.437. The Morgan fingerprint density at radius 1 is 0.935 bits per heavy atom. The van der Waals surface area contributed by atoms with Crippen molar-refractivity contribution in [3.8, 4) is 0 Å². The number of hydrogen-bond donors (Lipinski definition) is 2. The van der Waals surface area contributed by atoms with E-state index in [1.54, 1.807) is 4.57 Å². The van der Waals surface area contributed by atoms with Crippen LogP contribution in [0, 0.1) is 5.92 Å². The molecule has 154 valence electrons. The van der Waals surface area contributed by atoms with E-state index in [-0.39, 0.29) is 22.6 Å². The minimum absolute atomic E-state index is 0.0703. The number of nitrogens with zero attached hydrogens (tertiary/aromatic N) is 1. The summed E-state index contributed by atoms with van der Waals surface area (Å²) in [4.78, 5) is 42.6. The molecule has 2 aromatic carbocycles. The predicted octanol–water partition coefficient (Wildman–Crippen LogP) is 3.32. The molecule has 2 N–H and O–H groups in total. The third-order valence-corrected chi connectivity index (χ3v) is 8.64. The summed E-state index contributed by atoms with van der Waals surface area (Å²) >= 11 is 2.53. The number of thioether (sulfide) groups is 1. The first-order valence-electron chi connectivity index (χ1n) is 9.96. The molecule has 0 unspecified atom stereocenters. The van der Waals surface area contributed by atoms with Gasteiger partial charge < -0.3 is 4.98 Å². The minimum Gasteiger partial charge on any atom is -0.361 e. The van der Waals surface area contributed by atoms with E-state index in [0.29, 0.717) is 6.54 Å². The fourth-order valence-corrected chi connectivity index (χ4v) is 7.36. The third kappa shape index (κ3) is 2.82. The van der Waals surface area contributed by atoms with Crippen molar-refractivity contribution >= 4 is 45.8 Å². The SMILES string of the molecule is O=C1NC(=O)[C@H]2Sc3c(sc(=O)n3Cc3ccccc3)[C@@H](c3c[nH]c4ccccc34)[C@H]12. The number of rotatable bonds is 3. The molecule has 0 spiro atoms. The largest absolute Gasteiger partial charge is 0.361 e. The Balaban J connectivity index is 1.56. The average molecular weight is 448 g/mol. The molecular weight excluding hydrogens is 430 g/mol. The molecule has 1 saturated heterocycles. The van der Waals surface area contributed by atoms with Crippen molar-refractivity contribution < 1.29 is 9.59 Å². The van der Waals surface area contributed by atoms with Crippen LogP contribution in [0.5, 0.6) is 0 Å². The molecule has 2 amide bonds. The van der Waals surface area contributed by atoms with Crippen molar-refractivity contribution in [3.63, 3.8) is 0 Å². The van der Waals surface area contributed by atoms with E-state index in [1.165, 1.54) is 23.1 Å². The summed E-state index contributed by atoms with van der Waals surface area (Å²) in [5.41, 5.74) is 2.93. The van der Waals surface area contributed by atoms with Gasteiger partial charge in [-0.15, -0.1) is 0 Å². The van der Waals surface area contributed by atoms with Crippen LogP contribution in [0.4, 0.5) is 0 Å². The van der Waals surface area contributed by atoms with Crippen molar-refractivity contribution in [1.82, 2.24) is 14.9 Å². The number of H-pyrrole nitrogens is 1.